The maximum atomic E-state index is 13.4. The molecule has 1 unspecified atom stereocenters. The first-order chi connectivity index (χ1) is 23.9. The SMILES string of the molecule is CCCCCCCCCCCCCCCCCCC(C)C(=O)OCCc1cccc(Nc2ccc(O)c3c2C(=O)c2ccccc2C3=O)c1. The molecule has 0 heterocycles. The zero-order valence-electron chi connectivity index (χ0n) is 29.9. The van der Waals surface area contributed by atoms with Gasteiger partial charge in [-0.1, -0.05) is 153 Å². The summed E-state index contributed by atoms with van der Waals surface area (Å²) in [6.07, 6.45) is 22.8. The summed E-state index contributed by atoms with van der Waals surface area (Å²) >= 11 is 0. The van der Waals surface area contributed by atoms with Crippen molar-refractivity contribution in [2.45, 2.75) is 129 Å². The highest BCUT2D eigenvalue weighted by molar-refractivity contribution is 6.31. The van der Waals surface area contributed by atoms with Gasteiger partial charge in [0.15, 0.2) is 11.6 Å². The van der Waals surface area contributed by atoms with Crippen LogP contribution in [0.2, 0.25) is 0 Å². The summed E-state index contributed by atoms with van der Waals surface area (Å²) in [6, 6.07) is 17.4. The number of phenolic OH excluding ortho intramolecular Hbond substituents is 1. The fraction of sp³-hybridized carbons (Fsp3) is 0.512. The number of anilines is 2. The van der Waals surface area contributed by atoms with Crippen molar-refractivity contribution in [3.05, 3.63) is 88.5 Å². The lowest BCUT2D eigenvalue weighted by molar-refractivity contribution is -0.148. The summed E-state index contributed by atoms with van der Waals surface area (Å²) < 4.78 is 5.62. The second-order valence-corrected chi connectivity index (χ2v) is 13.8. The van der Waals surface area contributed by atoms with Gasteiger partial charge in [0.1, 0.15) is 5.75 Å². The normalized spacial score (nSPS) is 12.8. The van der Waals surface area contributed by atoms with Gasteiger partial charge in [-0.05, 0) is 36.2 Å². The van der Waals surface area contributed by atoms with Gasteiger partial charge in [-0.3, -0.25) is 14.4 Å². The molecular formula is C43H57NO5. The maximum Gasteiger partial charge on any atom is 0.308 e. The molecule has 0 radical (unpaired) electrons. The second-order valence-electron chi connectivity index (χ2n) is 13.8. The number of fused-ring (bicyclic) bond motifs is 2. The van der Waals surface area contributed by atoms with Crippen LogP contribution in [0.5, 0.6) is 5.75 Å². The van der Waals surface area contributed by atoms with Crippen LogP contribution in [0.3, 0.4) is 0 Å². The van der Waals surface area contributed by atoms with Crippen molar-refractivity contribution < 1.29 is 24.2 Å². The molecule has 264 valence electrons. The third-order valence-electron chi connectivity index (χ3n) is 9.79. The van der Waals surface area contributed by atoms with E-state index in [1.807, 2.05) is 31.2 Å². The summed E-state index contributed by atoms with van der Waals surface area (Å²) in [5, 5.41) is 13.8. The van der Waals surface area contributed by atoms with Crippen molar-refractivity contribution in [3.8, 4) is 5.75 Å². The Labute approximate surface area is 294 Å². The van der Waals surface area contributed by atoms with Crippen LogP contribution in [-0.2, 0) is 16.0 Å². The minimum Gasteiger partial charge on any atom is -0.507 e. The van der Waals surface area contributed by atoms with E-state index in [2.05, 4.69) is 12.2 Å². The summed E-state index contributed by atoms with van der Waals surface area (Å²) in [5.41, 5.74) is 2.96. The van der Waals surface area contributed by atoms with E-state index in [0.29, 0.717) is 29.8 Å². The van der Waals surface area contributed by atoms with Crippen molar-refractivity contribution in [2.24, 2.45) is 5.92 Å². The number of carbonyl (C=O) groups is 3. The van der Waals surface area contributed by atoms with Crippen LogP contribution in [0, 0.1) is 5.92 Å². The Morgan fingerprint density at radius 1 is 0.694 bits per heavy atom. The van der Waals surface area contributed by atoms with E-state index in [1.165, 1.54) is 102 Å². The number of esters is 1. The van der Waals surface area contributed by atoms with E-state index >= 15 is 0 Å². The average Bonchev–Trinajstić information content (AvgIpc) is 3.11. The molecule has 1 aliphatic rings. The quantitative estimate of drug-likeness (QED) is 0.0464. The second kappa shape index (κ2) is 20.6. The highest BCUT2D eigenvalue weighted by Gasteiger charge is 2.34. The number of nitrogens with one attached hydrogen (secondary N) is 1. The van der Waals surface area contributed by atoms with Gasteiger partial charge < -0.3 is 15.2 Å². The van der Waals surface area contributed by atoms with Crippen molar-refractivity contribution in [1.82, 2.24) is 0 Å². The first-order valence-corrected chi connectivity index (χ1v) is 19.0. The number of benzene rings is 3. The van der Waals surface area contributed by atoms with Crippen molar-refractivity contribution >= 4 is 28.9 Å². The molecular weight excluding hydrogens is 610 g/mol. The predicted octanol–water partition coefficient (Wildman–Crippen LogP) is 11.3. The molecule has 0 bridgehead atoms. The van der Waals surface area contributed by atoms with Crippen LogP contribution in [-0.4, -0.2) is 29.2 Å². The number of phenols is 1. The molecule has 0 amide bonds. The minimum atomic E-state index is -0.369. The molecule has 0 aliphatic heterocycles. The summed E-state index contributed by atoms with van der Waals surface area (Å²) in [7, 11) is 0. The van der Waals surface area contributed by atoms with E-state index in [4.69, 9.17) is 4.74 Å². The highest BCUT2D eigenvalue weighted by atomic mass is 16.5. The van der Waals surface area contributed by atoms with Gasteiger partial charge >= 0.3 is 5.97 Å². The number of hydrogen-bond donors (Lipinski definition) is 2. The van der Waals surface area contributed by atoms with Gasteiger partial charge in [0, 0.05) is 23.2 Å². The largest absolute Gasteiger partial charge is 0.507 e. The van der Waals surface area contributed by atoms with Crippen LogP contribution in [0.4, 0.5) is 11.4 Å². The number of carbonyl (C=O) groups excluding carboxylic acids is 3. The molecule has 6 heteroatoms. The van der Waals surface area contributed by atoms with Crippen LogP contribution in [0.1, 0.15) is 160 Å². The first kappa shape index (κ1) is 37.9. The van der Waals surface area contributed by atoms with Gasteiger partial charge in [-0.25, -0.2) is 0 Å². The fourth-order valence-electron chi connectivity index (χ4n) is 6.80. The molecule has 2 N–H and O–H groups in total. The molecule has 49 heavy (non-hydrogen) atoms. The van der Waals surface area contributed by atoms with Crippen LogP contribution in [0.15, 0.2) is 60.7 Å². The highest BCUT2D eigenvalue weighted by Crippen LogP contribution is 2.38. The van der Waals surface area contributed by atoms with Gasteiger partial charge in [-0.15, -0.1) is 0 Å². The standard InChI is InChI=1S/C43H57NO5/c1-3-4-5-6-7-8-9-10-11-12-13-14-15-16-17-18-22-32(2)43(48)49-30-29-33-23-21-24-34(31-33)44-37-27-28-38(45)40-39(37)41(46)35-25-19-20-26-36(35)42(40)47/h19-21,23-28,31-32,44-45H,3-18,22,29-30H2,1-2H3. The van der Waals surface area contributed by atoms with Crippen LogP contribution < -0.4 is 5.32 Å². The number of hydrogen-bond acceptors (Lipinski definition) is 6. The molecule has 0 fully saturated rings. The zero-order valence-corrected chi connectivity index (χ0v) is 29.9. The van der Waals surface area contributed by atoms with E-state index in [-0.39, 0.29) is 40.3 Å². The number of rotatable bonds is 23. The Balaban J connectivity index is 1.10. The van der Waals surface area contributed by atoms with E-state index in [9.17, 15) is 19.5 Å². The molecule has 0 saturated heterocycles. The third kappa shape index (κ3) is 11.6. The van der Waals surface area contributed by atoms with E-state index in [1.54, 1.807) is 30.3 Å². The molecule has 0 saturated carbocycles. The monoisotopic (exact) mass is 667 g/mol. The Hall–Kier alpha value is -3.93. The average molecular weight is 668 g/mol. The third-order valence-corrected chi connectivity index (χ3v) is 9.79. The number of ether oxygens (including phenoxy) is 1. The van der Waals surface area contributed by atoms with Crippen molar-refractivity contribution in [2.75, 3.05) is 11.9 Å². The van der Waals surface area contributed by atoms with Gasteiger partial charge in [0.25, 0.3) is 0 Å². The first-order valence-electron chi connectivity index (χ1n) is 19.0. The molecule has 4 rings (SSSR count). The molecule has 3 aromatic rings. The fourth-order valence-corrected chi connectivity index (χ4v) is 6.80. The van der Waals surface area contributed by atoms with Gasteiger partial charge in [0.05, 0.1) is 29.3 Å². The Kier molecular flexibility index (Phi) is 15.9. The van der Waals surface area contributed by atoms with E-state index in [0.717, 1.165) is 24.1 Å². The Morgan fingerprint density at radius 2 is 1.24 bits per heavy atom. The van der Waals surface area contributed by atoms with Gasteiger partial charge in [0.2, 0.25) is 0 Å². The summed E-state index contributed by atoms with van der Waals surface area (Å²) in [6.45, 7) is 4.53. The van der Waals surface area contributed by atoms with Crippen molar-refractivity contribution in [1.29, 1.82) is 0 Å². The topological polar surface area (TPSA) is 92.7 Å². The summed E-state index contributed by atoms with van der Waals surface area (Å²) in [5.74, 6) is -1.14. The molecule has 0 aromatic heterocycles. The number of unbranched alkanes of at least 4 members (excludes halogenated alkanes) is 15. The molecule has 0 spiro atoms. The van der Waals surface area contributed by atoms with Gasteiger partial charge in [-0.2, -0.15) is 0 Å². The lowest BCUT2D eigenvalue weighted by atomic mass is 9.82. The molecule has 1 atom stereocenters. The molecule has 1 aliphatic carbocycles. The van der Waals surface area contributed by atoms with Crippen molar-refractivity contribution in [3.63, 3.8) is 0 Å². The molecule has 3 aromatic carbocycles. The van der Waals surface area contributed by atoms with Crippen LogP contribution >= 0.6 is 0 Å². The summed E-state index contributed by atoms with van der Waals surface area (Å²) in [4.78, 5) is 39.2. The Morgan fingerprint density at radius 3 is 1.84 bits per heavy atom. The van der Waals surface area contributed by atoms with E-state index < -0.39 is 0 Å². The number of ketones is 2. The smallest absolute Gasteiger partial charge is 0.308 e. The zero-order chi connectivity index (χ0) is 34.8. The minimum absolute atomic E-state index is 0.0190. The number of aromatic hydroxyl groups is 1. The lowest BCUT2D eigenvalue weighted by Crippen LogP contribution is -2.22. The predicted molar refractivity (Wildman–Crippen MR) is 199 cm³/mol. The van der Waals surface area contributed by atoms with Crippen LogP contribution in [0.25, 0.3) is 0 Å². The molecule has 6 nitrogen and oxygen atoms in total. The maximum absolute atomic E-state index is 13.4. The Bertz CT molecular complexity index is 1510. The lowest BCUT2D eigenvalue weighted by Gasteiger charge is -2.21.